The Labute approximate surface area is 213 Å². The number of carbonyl (C=O) groups is 3. The Morgan fingerprint density at radius 2 is 1.62 bits per heavy atom. The van der Waals surface area contributed by atoms with E-state index in [1.807, 2.05) is 0 Å². The van der Waals surface area contributed by atoms with Crippen LogP contribution < -0.4 is 19.5 Å². The Balaban J connectivity index is 2.19. The van der Waals surface area contributed by atoms with Crippen molar-refractivity contribution in [3.05, 3.63) is 52.6 Å². The molecule has 2 aromatic rings. The largest absolute Gasteiger partial charge is 0.519 e. The minimum Gasteiger partial charge on any atom is -0.444 e. The summed E-state index contributed by atoms with van der Waals surface area (Å²) in [7, 11) is 0. The molecular weight excluding hydrogens is 488 g/mol. The molecule has 0 radical (unpaired) electrons. The number of aliphatic hydroxyl groups is 1. The molecule has 1 amide bonds. The zero-order valence-electron chi connectivity index (χ0n) is 20.9. The van der Waals surface area contributed by atoms with E-state index in [0.29, 0.717) is 19.3 Å². The molecule has 0 aliphatic rings. The van der Waals surface area contributed by atoms with Crippen molar-refractivity contribution in [1.29, 1.82) is 0 Å². The molecule has 0 unspecified atom stereocenters. The minimum atomic E-state index is -1.20. The summed E-state index contributed by atoms with van der Waals surface area (Å²) in [6.45, 7) is 5.11. The van der Waals surface area contributed by atoms with Crippen molar-refractivity contribution < 1.29 is 43.4 Å². The molecule has 0 atom stereocenters. The van der Waals surface area contributed by atoms with E-state index in [0.717, 1.165) is 18.6 Å². The zero-order valence-corrected chi connectivity index (χ0v) is 20.9. The molecular formula is C25H30N2O10. The number of ether oxygens (including phenoxy) is 4. The van der Waals surface area contributed by atoms with Crippen molar-refractivity contribution in [1.82, 2.24) is 0 Å². The van der Waals surface area contributed by atoms with Crippen LogP contribution in [-0.4, -0.2) is 40.5 Å². The van der Waals surface area contributed by atoms with Gasteiger partial charge in [0.15, 0.2) is 11.5 Å². The van der Waals surface area contributed by atoms with Gasteiger partial charge >= 0.3 is 18.2 Å². The molecule has 0 aromatic heterocycles. The molecule has 12 nitrogen and oxygen atoms in total. The number of para-hydroxylation sites is 1. The van der Waals surface area contributed by atoms with Gasteiger partial charge in [-0.15, -0.1) is 0 Å². The van der Waals surface area contributed by atoms with Gasteiger partial charge in [-0.1, -0.05) is 18.9 Å². The normalized spacial score (nSPS) is 10.8. The maximum Gasteiger partial charge on any atom is 0.519 e. The minimum absolute atomic E-state index is 0.0138. The molecule has 0 aliphatic carbocycles. The van der Waals surface area contributed by atoms with Gasteiger partial charge in [-0.3, -0.25) is 20.2 Å². The maximum atomic E-state index is 12.5. The van der Waals surface area contributed by atoms with E-state index in [1.165, 1.54) is 30.3 Å². The van der Waals surface area contributed by atoms with Crippen LogP contribution in [-0.2, 0) is 9.53 Å². The number of unbranched alkanes of at least 4 members (excludes halogenated alkanes) is 3. The van der Waals surface area contributed by atoms with Gasteiger partial charge in [0.1, 0.15) is 11.4 Å². The van der Waals surface area contributed by atoms with Crippen LogP contribution in [0.3, 0.4) is 0 Å². The monoisotopic (exact) mass is 518 g/mol. The number of nitro groups is 1. The third-order valence-corrected chi connectivity index (χ3v) is 4.56. The third kappa shape index (κ3) is 10.5. The SMILES string of the molecule is CC(C)(C)OC(=O)Nc1cccc(OC(=O)Oc2ccc([N+](=O)[O-])cc2)c1OC(=O)CCCCCCO. The highest BCUT2D eigenvalue weighted by atomic mass is 16.7. The van der Waals surface area contributed by atoms with Crippen molar-refractivity contribution in [3.8, 4) is 17.2 Å². The highest BCUT2D eigenvalue weighted by molar-refractivity contribution is 5.89. The molecule has 37 heavy (non-hydrogen) atoms. The number of carbonyl (C=O) groups excluding carboxylic acids is 3. The van der Waals surface area contributed by atoms with Gasteiger partial charge in [-0.25, -0.2) is 9.59 Å². The van der Waals surface area contributed by atoms with Gasteiger partial charge in [-0.05, 0) is 57.9 Å². The number of hydrogen-bond donors (Lipinski definition) is 2. The summed E-state index contributed by atoms with van der Waals surface area (Å²) in [6.07, 6.45) is 0.635. The second-order valence-corrected chi connectivity index (χ2v) is 8.83. The third-order valence-electron chi connectivity index (χ3n) is 4.56. The number of nitro benzene ring substituents is 1. The fraction of sp³-hybridized carbons (Fsp3) is 0.400. The van der Waals surface area contributed by atoms with Crippen LogP contribution >= 0.6 is 0 Å². The van der Waals surface area contributed by atoms with Crippen LogP contribution in [0.15, 0.2) is 42.5 Å². The lowest BCUT2D eigenvalue weighted by atomic mass is 10.1. The van der Waals surface area contributed by atoms with Gasteiger partial charge in [0.25, 0.3) is 5.69 Å². The van der Waals surface area contributed by atoms with Crippen molar-refractivity contribution in [2.45, 2.75) is 58.5 Å². The van der Waals surface area contributed by atoms with Crippen LogP contribution in [0.2, 0.25) is 0 Å². The van der Waals surface area contributed by atoms with Crippen LogP contribution in [0.25, 0.3) is 0 Å². The summed E-state index contributed by atoms with van der Waals surface area (Å²) in [5, 5.41) is 22.1. The summed E-state index contributed by atoms with van der Waals surface area (Å²) in [4.78, 5) is 47.4. The number of nitrogens with zero attached hydrogens (tertiary/aromatic N) is 1. The summed E-state index contributed by atoms with van der Waals surface area (Å²) in [6, 6.07) is 8.97. The van der Waals surface area contributed by atoms with Crippen molar-refractivity contribution >= 4 is 29.6 Å². The average Bonchev–Trinajstić information content (AvgIpc) is 2.80. The lowest BCUT2D eigenvalue weighted by Crippen LogP contribution is -2.27. The predicted octanol–water partition coefficient (Wildman–Crippen LogP) is 5.37. The Bertz CT molecular complexity index is 1090. The number of benzene rings is 2. The standard InChI is InChI=1S/C25H30N2O10/c1-25(2,3)37-23(30)26-19-9-8-10-20(22(19)36-21(29)11-6-4-5-7-16-28)35-24(31)34-18-14-12-17(13-15-18)27(32)33/h8-10,12-15,28H,4-7,11,16H2,1-3H3,(H,26,30). The molecule has 0 heterocycles. The molecule has 0 aliphatic heterocycles. The van der Waals surface area contributed by atoms with Gasteiger partial charge in [0.05, 0.1) is 10.6 Å². The van der Waals surface area contributed by atoms with E-state index in [4.69, 9.17) is 24.1 Å². The molecule has 12 heteroatoms. The van der Waals surface area contributed by atoms with Gasteiger partial charge in [0, 0.05) is 25.2 Å². The number of nitrogens with one attached hydrogen (secondary N) is 1. The maximum absolute atomic E-state index is 12.5. The molecule has 2 aromatic carbocycles. The van der Waals surface area contributed by atoms with Crippen molar-refractivity contribution in [2.24, 2.45) is 0 Å². The fourth-order valence-electron chi connectivity index (χ4n) is 2.96. The average molecular weight is 519 g/mol. The second-order valence-electron chi connectivity index (χ2n) is 8.83. The van der Waals surface area contributed by atoms with Crippen LogP contribution in [0.5, 0.6) is 17.2 Å². The number of rotatable bonds is 11. The molecule has 0 spiro atoms. The van der Waals surface area contributed by atoms with Crippen LogP contribution in [0.1, 0.15) is 52.9 Å². The number of non-ortho nitro benzene ring substituents is 1. The van der Waals surface area contributed by atoms with Crippen LogP contribution in [0, 0.1) is 10.1 Å². The molecule has 2 rings (SSSR count). The lowest BCUT2D eigenvalue weighted by molar-refractivity contribution is -0.384. The topological polar surface area (TPSA) is 164 Å². The first kappa shape index (κ1) is 29.0. The van der Waals surface area contributed by atoms with E-state index < -0.39 is 28.7 Å². The van der Waals surface area contributed by atoms with Crippen LogP contribution in [0.4, 0.5) is 21.0 Å². The second kappa shape index (κ2) is 13.8. The smallest absolute Gasteiger partial charge is 0.444 e. The Kier molecular flexibility index (Phi) is 10.8. The van der Waals surface area contributed by atoms with Crippen molar-refractivity contribution in [3.63, 3.8) is 0 Å². The van der Waals surface area contributed by atoms with Gasteiger partial charge < -0.3 is 24.1 Å². The Hall–Kier alpha value is -4.19. The number of esters is 1. The summed E-state index contributed by atoms with van der Waals surface area (Å²) >= 11 is 0. The number of anilines is 1. The van der Waals surface area contributed by atoms with Crippen molar-refractivity contribution in [2.75, 3.05) is 11.9 Å². The summed E-state index contributed by atoms with van der Waals surface area (Å²) < 4.78 is 20.9. The van der Waals surface area contributed by atoms with E-state index in [1.54, 1.807) is 20.8 Å². The van der Waals surface area contributed by atoms with E-state index in [9.17, 15) is 24.5 Å². The zero-order chi connectivity index (χ0) is 27.4. The molecule has 0 saturated carbocycles. The number of amides is 1. The quantitative estimate of drug-likeness (QED) is 0.0987. The van der Waals surface area contributed by atoms with E-state index in [2.05, 4.69) is 5.32 Å². The predicted molar refractivity (Wildman–Crippen MR) is 132 cm³/mol. The molecule has 0 saturated heterocycles. The Morgan fingerprint density at radius 3 is 2.24 bits per heavy atom. The van der Waals surface area contributed by atoms with Gasteiger partial charge in [-0.2, -0.15) is 0 Å². The number of hydrogen-bond acceptors (Lipinski definition) is 10. The molecule has 0 bridgehead atoms. The first-order valence-electron chi connectivity index (χ1n) is 11.6. The van der Waals surface area contributed by atoms with E-state index >= 15 is 0 Å². The lowest BCUT2D eigenvalue weighted by Gasteiger charge is -2.21. The molecule has 200 valence electrons. The number of aliphatic hydroxyl groups excluding tert-OH is 1. The summed E-state index contributed by atoms with van der Waals surface area (Å²) in [5.41, 5.74) is -0.964. The summed E-state index contributed by atoms with van der Waals surface area (Å²) in [5.74, 6) is -1.08. The van der Waals surface area contributed by atoms with Gasteiger partial charge in [0.2, 0.25) is 0 Å². The first-order valence-corrected chi connectivity index (χ1v) is 11.6. The molecule has 0 fully saturated rings. The molecule has 2 N–H and O–H groups in total. The first-order chi connectivity index (χ1) is 17.5. The highest BCUT2D eigenvalue weighted by Gasteiger charge is 2.23. The highest BCUT2D eigenvalue weighted by Crippen LogP contribution is 2.36. The Morgan fingerprint density at radius 1 is 0.946 bits per heavy atom. The fourth-order valence-corrected chi connectivity index (χ4v) is 2.96. The van der Waals surface area contributed by atoms with E-state index in [-0.39, 0.29) is 41.7 Å².